The van der Waals surface area contributed by atoms with Crippen LogP contribution in [0.2, 0.25) is 0 Å². The van der Waals surface area contributed by atoms with Gasteiger partial charge in [0.05, 0.1) is 7.11 Å². The average Bonchev–Trinajstić information content (AvgIpc) is 2.37. The summed E-state index contributed by atoms with van der Waals surface area (Å²) in [5.74, 6) is 1.45. The molecule has 0 radical (unpaired) electrons. The van der Waals surface area contributed by atoms with Gasteiger partial charge in [-0.15, -0.1) is 0 Å². The van der Waals surface area contributed by atoms with Crippen LogP contribution >= 0.6 is 0 Å². The molecule has 0 spiro atoms. The van der Waals surface area contributed by atoms with Crippen molar-refractivity contribution in [2.45, 2.75) is 38.5 Å². The minimum Gasteiger partial charge on any atom is -0.497 e. The molecule has 0 saturated heterocycles. The zero-order valence-electron chi connectivity index (χ0n) is 12.5. The summed E-state index contributed by atoms with van der Waals surface area (Å²) < 4.78 is 17.4. The average molecular weight is 283 g/mol. The van der Waals surface area contributed by atoms with Crippen LogP contribution in [0, 0.1) is 0 Å². The third-order valence-corrected chi connectivity index (χ3v) is 4.95. The van der Waals surface area contributed by atoms with Gasteiger partial charge in [-0.1, -0.05) is 19.1 Å². The molecule has 1 aromatic rings. The molecule has 0 aliphatic heterocycles. The summed E-state index contributed by atoms with van der Waals surface area (Å²) in [6, 6.07) is 8.05. The molecule has 0 aliphatic carbocycles. The molecule has 0 bridgehead atoms. The second-order valence-corrected chi connectivity index (χ2v) is 7.76. The van der Waals surface area contributed by atoms with Crippen LogP contribution < -0.4 is 10.1 Å². The van der Waals surface area contributed by atoms with E-state index in [2.05, 4.69) is 18.3 Å². The zero-order chi connectivity index (χ0) is 14.5. The van der Waals surface area contributed by atoms with Crippen molar-refractivity contribution in [1.82, 2.24) is 5.32 Å². The molecular weight excluding hydrogens is 258 g/mol. The Hall–Kier alpha value is -0.870. The maximum Gasteiger partial charge on any atom is 0.119 e. The lowest BCUT2D eigenvalue weighted by Crippen LogP contribution is -2.32. The number of methoxy groups -OCH3 is 1. The van der Waals surface area contributed by atoms with Gasteiger partial charge in [-0.3, -0.25) is 4.21 Å². The Kier molecular flexibility index (Phi) is 6.01. The lowest BCUT2D eigenvalue weighted by Gasteiger charge is -2.24. The quantitative estimate of drug-likeness (QED) is 0.872. The smallest absolute Gasteiger partial charge is 0.119 e. The van der Waals surface area contributed by atoms with E-state index < -0.39 is 10.8 Å². The number of rotatable bonds is 6. The Bertz CT molecular complexity index is 426. The normalized spacial score (nSPS) is 15.0. The van der Waals surface area contributed by atoms with Crippen molar-refractivity contribution in [3.8, 4) is 5.75 Å². The third kappa shape index (κ3) is 4.96. The Morgan fingerprint density at radius 3 is 2.58 bits per heavy atom. The van der Waals surface area contributed by atoms with Gasteiger partial charge in [0.1, 0.15) is 5.75 Å². The number of ether oxygens (including phenoxy) is 1. The van der Waals surface area contributed by atoms with E-state index >= 15 is 0 Å². The second kappa shape index (κ2) is 7.06. The molecule has 1 N–H and O–H groups in total. The summed E-state index contributed by atoms with van der Waals surface area (Å²) >= 11 is 0. The molecule has 2 atom stereocenters. The molecule has 19 heavy (non-hydrogen) atoms. The number of nitrogens with one attached hydrogen (secondary N) is 1. The minimum absolute atomic E-state index is 0.0974. The third-order valence-electron chi connectivity index (χ3n) is 2.95. The SMILES string of the molecule is CCNC(CS(=O)C(C)(C)C)c1cccc(OC)c1. The van der Waals surface area contributed by atoms with E-state index in [4.69, 9.17) is 4.74 Å². The van der Waals surface area contributed by atoms with Gasteiger partial charge in [0, 0.05) is 27.3 Å². The van der Waals surface area contributed by atoms with E-state index in [9.17, 15) is 4.21 Å². The standard InChI is InChI=1S/C15H25NO2S/c1-6-16-14(11-19(17)15(2,3)4)12-8-7-9-13(10-12)18-5/h7-10,14,16H,6,11H2,1-5H3. The van der Waals surface area contributed by atoms with Crippen LogP contribution in [0.5, 0.6) is 5.75 Å². The van der Waals surface area contributed by atoms with Gasteiger partial charge in [0.25, 0.3) is 0 Å². The van der Waals surface area contributed by atoms with Crippen LogP contribution in [0.25, 0.3) is 0 Å². The summed E-state index contributed by atoms with van der Waals surface area (Å²) in [7, 11) is 0.780. The lowest BCUT2D eigenvalue weighted by atomic mass is 10.1. The van der Waals surface area contributed by atoms with Gasteiger partial charge in [-0.05, 0) is 45.0 Å². The Morgan fingerprint density at radius 1 is 1.37 bits per heavy atom. The van der Waals surface area contributed by atoms with Crippen molar-refractivity contribution in [1.29, 1.82) is 0 Å². The van der Waals surface area contributed by atoms with Crippen molar-refractivity contribution in [2.75, 3.05) is 19.4 Å². The highest BCUT2D eigenvalue weighted by Gasteiger charge is 2.23. The van der Waals surface area contributed by atoms with Gasteiger partial charge in [0.2, 0.25) is 0 Å². The van der Waals surface area contributed by atoms with Crippen LogP contribution in [0.3, 0.4) is 0 Å². The topological polar surface area (TPSA) is 38.3 Å². The Balaban J connectivity index is 2.90. The maximum atomic E-state index is 12.3. The minimum atomic E-state index is -0.881. The van der Waals surface area contributed by atoms with Gasteiger partial charge in [0.15, 0.2) is 0 Å². The Morgan fingerprint density at radius 2 is 2.05 bits per heavy atom. The fourth-order valence-electron chi connectivity index (χ4n) is 1.78. The summed E-state index contributed by atoms with van der Waals surface area (Å²) in [5.41, 5.74) is 1.12. The molecule has 3 nitrogen and oxygen atoms in total. The molecule has 2 unspecified atom stereocenters. The lowest BCUT2D eigenvalue weighted by molar-refractivity contribution is 0.413. The molecule has 4 heteroatoms. The van der Waals surface area contributed by atoms with E-state index in [0.717, 1.165) is 17.9 Å². The molecule has 108 valence electrons. The fourth-order valence-corrected chi connectivity index (χ4v) is 2.89. The van der Waals surface area contributed by atoms with Crippen molar-refractivity contribution >= 4 is 10.8 Å². The van der Waals surface area contributed by atoms with Gasteiger partial charge in [-0.2, -0.15) is 0 Å². The molecule has 0 fully saturated rings. The van der Waals surface area contributed by atoms with Crippen molar-refractivity contribution in [3.63, 3.8) is 0 Å². The fraction of sp³-hybridized carbons (Fsp3) is 0.600. The van der Waals surface area contributed by atoms with Crippen molar-refractivity contribution < 1.29 is 8.95 Å². The van der Waals surface area contributed by atoms with Crippen LogP contribution in [-0.2, 0) is 10.8 Å². The number of benzene rings is 1. The summed E-state index contributed by atoms with van der Waals surface area (Å²) in [6.07, 6.45) is 0. The molecule has 1 rings (SSSR count). The number of hydrogen-bond acceptors (Lipinski definition) is 3. The van der Waals surface area contributed by atoms with Gasteiger partial charge >= 0.3 is 0 Å². The first-order chi connectivity index (χ1) is 8.88. The highest BCUT2D eigenvalue weighted by molar-refractivity contribution is 7.86. The predicted molar refractivity (Wildman–Crippen MR) is 82.2 cm³/mol. The first-order valence-corrected chi connectivity index (χ1v) is 7.96. The second-order valence-electron chi connectivity index (χ2n) is 5.51. The Labute approximate surface area is 119 Å². The van der Waals surface area contributed by atoms with E-state index in [1.165, 1.54) is 0 Å². The first kappa shape index (κ1) is 16.2. The zero-order valence-corrected chi connectivity index (χ0v) is 13.3. The van der Waals surface area contributed by atoms with Crippen LogP contribution in [-0.4, -0.2) is 28.4 Å². The molecule has 0 saturated carbocycles. The van der Waals surface area contributed by atoms with Crippen molar-refractivity contribution in [3.05, 3.63) is 29.8 Å². The molecule has 0 amide bonds. The molecule has 1 aromatic carbocycles. The first-order valence-electron chi connectivity index (χ1n) is 6.64. The summed E-state index contributed by atoms with van der Waals surface area (Å²) in [4.78, 5) is 0. The molecule has 0 aromatic heterocycles. The maximum absolute atomic E-state index is 12.3. The molecule has 0 heterocycles. The van der Waals surface area contributed by atoms with E-state index in [0.29, 0.717) is 5.75 Å². The van der Waals surface area contributed by atoms with Crippen LogP contribution in [0.4, 0.5) is 0 Å². The number of hydrogen-bond donors (Lipinski definition) is 1. The summed E-state index contributed by atoms with van der Waals surface area (Å²) in [5, 5.41) is 3.40. The highest BCUT2D eigenvalue weighted by Crippen LogP contribution is 2.23. The van der Waals surface area contributed by atoms with E-state index in [-0.39, 0.29) is 10.8 Å². The van der Waals surface area contributed by atoms with Crippen LogP contribution in [0.15, 0.2) is 24.3 Å². The molecule has 0 aliphatic rings. The van der Waals surface area contributed by atoms with Gasteiger partial charge in [-0.25, -0.2) is 0 Å². The van der Waals surface area contributed by atoms with Gasteiger partial charge < -0.3 is 10.1 Å². The van der Waals surface area contributed by atoms with Crippen molar-refractivity contribution in [2.24, 2.45) is 0 Å². The molecular formula is C15H25NO2S. The largest absolute Gasteiger partial charge is 0.497 e. The van der Waals surface area contributed by atoms with E-state index in [1.807, 2.05) is 39.0 Å². The monoisotopic (exact) mass is 283 g/mol. The van der Waals surface area contributed by atoms with Crippen LogP contribution in [0.1, 0.15) is 39.3 Å². The van der Waals surface area contributed by atoms with E-state index in [1.54, 1.807) is 7.11 Å². The summed E-state index contributed by atoms with van der Waals surface area (Å²) in [6.45, 7) is 8.95. The highest BCUT2D eigenvalue weighted by atomic mass is 32.2. The predicted octanol–water partition coefficient (Wildman–Crippen LogP) is 2.89.